The molecule has 20 heavy (non-hydrogen) atoms. The monoisotopic (exact) mass is 275 g/mol. The van der Waals surface area contributed by atoms with E-state index in [9.17, 15) is 0 Å². The zero-order valence-electron chi connectivity index (χ0n) is 12.0. The summed E-state index contributed by atoms with van der Waals surface area (Å²) in [6, 6.07) is 8.05. The van der Waals surface area contributed by atoms with Gasteiger partial charge in [-0.15, -0.1) is 0 Å². The maximum atomic E-state index is 8.87. The van der Waals surface area contributed by atoms with Crippen molar-refractivity contribution in [2.45, 2.75) is 26.8 Å². The highest BCUT2D eigenvalue weighted by molar-refractivity contribution is 5.54. The molecule has 0 radical (unpaired) electrons. The molecule has 0 amide bonds. The Labute approximate surface area is 119 Å². The van der Waals surface area contributed by atoms with E-state index < -0.39 is 0 Å². The molecule has 0 atom stereocenters. The van der Waals surface area contributed by atoms with Crippen LogP contribution in [0.15, 0.2) is 28.8 Å². The van der Waals surface area contributed by atoms with Gasteiger partial charge in [-0.25, -0.2) is 0 Å². The van der Waals surface area contributed by atoms with Crippen molar-refractivity contribution in [3.05, 3.63) is 35.7 Å². The third kappa shape index (κ3) is 3.88. The van der Waals surface area contributed by atoms with E-state index in [1.54, 1.807) is 0 Å². The molecule has 108 valence electrons. The molecule has 0 aliphatic heterocycles. The molecule has 2 aromatic rings. The van der Waals surface area contributed by atoms with E-state index in [0.717, 1.165) is 25.1 Å². The zero-order chi connectivity index (χ0) is 14.4. The van der Waals surface area contributed by atoms with E-state index in [0.29, 0.717) is 18.3 Å². The van der Waals surface area contributed by atoms with Gasteiger partial charge >= 0.3 is 0 Å². The summed E-state index contributed by atoms with van der Waals surface area (Å²) < 4.78 is 5.30. The van der Waals surface area contributed by atoms with Gasteiger partial charge in [0.1, 0.15) is 0 Å². The summed E-state index contributed by atoms with van der Waals surface area (Å²) in [4.78, 5) is 6.59. The first-order valence-electron chi connectivity index (χ1n) is 6.95. The van der Waals surface area contributed by atoms with Crippen LogP contribution in [0.1, 0.15) is 24.8 Å². The van der Waals surface area contributed by atoms with Crippen molar-refractivity contribution >= 4 is 0 Å². The second-order valence-corrected chi connectivity index (χ2v) is 4.82. The van der Waals surface area contributed by atoms with Gasteiger partial charge in [-0.3, -0.25) is 4.90 Å². The number of rotatable bonds is 7. The van der Waals surface area contributed by atoms with Crippen LogP contribution in [0.2, 0.25) is 0 Å². The second kappa shape index (κ2) is 7.17. The smallest absolute Gasteiger partial charge is 0.241 e. The van der Waals surface area contributed by atoms with Gasteiger partial charge in [0, 0.05) is 18.7 Å². The number of benzene rings is 1. The summed E-state index contributed by atoms with van der Waals surface area (Å²) in [7, 11) is 0. The van der Waals surface area contributed by atoms with Crippen molar-refractivity contribution < 1.29 is 9.63 Å². The summed E-state index contributed by atoms with van der Waals surface area (Å²) in [5, 5.41) is 12.9. The summed E-state index contributed by atoms with van der Waals surface area (Å²) in [5.74, 6) is 1.23. The number of aliphatic hydroxyl groups excluding tert-OH is 1. The summed E-state index contributed by atoms with van der Waals surface area (Å²) in [6.07, 6.45) is 0.757. The van der Waals surface area contributed by atoms with Crippen molar-refractivity contribution in [1.82, 2.24) is 15.0 Å². The zero-order valence-corrected chi connectivity index (χ0v) is 12.0. The van der Waals surface area contributed by atoms with Crippen molar-refractivity contribution in [2.24, 2.45) is 0 Å². The van der Waals surface area contributed by atoms with Gasteiger partial charge in [-0.2, -0.15) is 4.98 Å². The van der Waals surface area contributed by atoms with E-state index in [1.807, 2.05) is 31.2 Å². The van der Waals surface area contributed by atoms with E-state index in [2.05, 4.69) is 22.0 Å². The van der Waals surface area contributed by atoms with Crippen molar-refractivity contribution in [3.63, 3.8) is 0 Å². The second-order valence-electron chi connectivity index (χ2n) is 4.82. The Hall–Kier alpha value is -1.72. The fourth-order valence-corrected chi connectivity index (χ4v) is 1.97. The molecule has 5 heteroatoms. The van der Waals surface area contributed by atoms with Crippen molar-refractivity contribution in [3.8, 4) is 11.4 Å². The molecule has 0 bridgehead atoms. The van der Waals surface area contributed by atoms with E-state index in [4.69, 9.17) is 9.63 Å². The van der Waals surface area contributed by atoms with Gasteiger partial charge < -0.3 is 9.63 Å². The number of aliphatic hydroxyl groups is 1. The van der Waals surface area contributed by atoms with Gasteiger partial charge in [-0.05, 0) is 19.9 Å². The fraction of sp³-hybridized carbons (Fsp3) is 0.467. The third-order valence-corrected chi connectivity index (χ3v) is 3.22. The van der Waals surface area contributed by atoms with Crippen LogP contribution in [0.3, 0.4) is 0 Å². The summed E-state index contributed by atoms with van der Waals surface area (Å²) >= 11 is 0. The number of hydrogen-bond donors (Lipinski definition) is 1. The molecular weight excluding hydrogens is 254 g/mol. The minimum Gasteiger partial charge on any atom is -0.396 e. The predicted molar refractivity (Wildman–Crippen MR) is 77.1 cm³/mol. The highest BCUT2D eigenvalue weighted by atomic mass is 16.5. The first-order chi connectivity index (χ1) is 9.72. The van der Waals surface area contributed by atoms with Crippen LogP contribution in [0.25, 0.3) is 11.4 Å². The summed E-state index contributed by atoms with van der Waals surface area (Å²) in [6.45, 7) is 6.67. The Bertz CT molecular complexity index is 522. The average molecular weight is 275 g/mol. The SMILES string of the molecule is CCN(CCCO)Cc1nc(-c2ccc(C)cc2)no1. The first kappa shape index (κ1) is 14.7. The van der Waals surface area contributed by atoms with Crippen LogP contribution in [0, 0.1) is 6.92 Å². The number of hydrogen-bond acceptors (Lipinski definition) is 5. The molecule has 0 saturated carbocycles. The molecular formula is C15H21N3O2. The lowest BCUT2D eigenvalue weighted by molar-refractivity contribution is 0.205. The average Bonchev–Trinajstić information content (AvgIpc) is 2.92. The number of nitrogens with zero attached hydrogens (tertiary/aromatic N) is 3. The predicted octanol–water partition coefficient (Wildman–Crippen LogP) is 2.25. The Balaban J connectivity index is 2.02. The molecule has 1 N–H and O–H groups in total. The maximum absolute atomic E-state index is 8.87. The summed E-state index contributed by atoms with van der Waals surface area (Å²) in [5.41, 5.74) is 2.17. The first-order valence-corrected chi connectivity index (χ1v) is 6.95. The highest BCUT2D eigenvalue weighted by Gasteiger charge is 2.11. The molecule has 0 aliphatic carbocycles. The molecule has 0 aliphatic rings. The number of aromatic nitrogens is 2. The highest BCUT2D eigenvalue weighted by Crippen LogP contribution is 2.16. The lowest BCUT2D eigenvalue weighted by atomic mass is 10.1. The minimum absolute atomic E-state index is 0.203. The van der Waals surface area contributed by atoms with Crippen LogP contribution < -0.4 is 0 Å². The van der Waals surface area contributed by atoms with Gasteiger partial charge in [-0.1, -0.05) is 41.9 Å². The van der Waals surface area contributed by atoms with E-state index >= 15 is 0 Å². The molecule has 1 heterocycles. The third-order valence-electron chi connectivity index (χ3n) is 3.22. The normalized spacial score (nSPS) is 11.2. The molecule has 2 rings (SSSR count). The standard InChI is InChI=1S/C15H21N3O2/c1-3-18(9-4-10-19)11-14-16-15(17-20-14)13-7-5-12(2)6-8-13/h5-8,19H,3-4,9-11H2,1-2H3. The van der Waals surface area contributed by atoms with Gasteiger partial charge in [0.15, 0.2) is 0 Å². The van der Waals surface area contributed by atoms with Crippen molar-refractivity contribution in [2.75, 3.05) is 19.7 Å². The molecule has 0 spiro atoms. The topological polar surface area (TPSA) is 62.4 Å². The van der Waals surface area contributed by atoms with E-state index in [-0.39, 0.29) is 6.61 Å². The van der Waals surface area contributed by atoms with Gasteiger partial charge in [0.25, 0.3) is 0 Å². The van der Waals surface area contributed by atoms with Gasteiger partial charge in [0.2, 0.25) is 11.7 Å². The molecule has 0 fully saturated rings. The Morgan fingerprint density at radius 2 is 2.00 bits per heavy atom. The van der Waals surface area contributed by atoms with Crippen LogP contribution in [-0.2, 0) is 6.54 Å². The Morgan fingerprint density at radius 3 is 2.65 bits per heavy atom. The van der Waals surface area contributed by atoms with Crippen LogP contribution in [-0.4, -0.2) is 39.8 Å². The molecule has 5 nitrogen and oxygen atoms in total. The van der Waals surface area contributed by atoms with Crippen LogP contribution >= 0.6 is 0 Å². The Morgan fingerprint density at radius 1 is 1.25 bits per heavy atom. The van der Waals surface area contributed by atoms with Gasteiger partial charge in [0.05, 0.1) is 6.54 Å². The van der Waals surface area contributed by atoms with Crippen molar-refractivity contribution in [1.29, 1.82) is 0 Å². The van der Waals surface area contributed by atoms with Crippen LogP contribution in [0.5, 0.6) is 0 Å². The lowest BCUT2D eigenvalue weighted by Crippen LogP contribution is -2.24. The lowest BCUT2D eigenvalue weighted by Gasteiger charge is -2.16. The molecule has 1 aromatic carbocycles. The van der Waals surface area contributed by atoms with Crippen LogP contribution in [0.4, 0.5) is 0 Å². The minimum atomic E-state index is 0.203. The molecule has 0 saturated heterocycles. The largest absolute Gasteiger partial charge is 0.396 e. The molecule has 1 aromatic heterocycles. The van der Waals surface area contributed by atoms with E-state index in [1.165, 1.54) is 5.56 Å². The quantitative estimate of drug-likeness (QED) is 0.839. The Kier molecular flexibility index (Phi) is 5.26. The number of aryl methyl sites for hydroxylation is 1. The fourth-order valence-electron chi connectivity index (χ4n) is 1.97. The maximum Gasteiger partial charge on any atom is 0.241 e. The molecule has 0 unspecified atom stereocenters.